The van der Waals surface area contributed by atoms with Crippen molar-refractivity contribution >= 4 is 40.3 Å². The summed E-state index contributed by atoms with van der Waals surface area (Å²) in [4.78, 5) is 54.4. The Balaban J connectivity index is 1.56. The molecule has 0 unspecified atom stereocenters. The van der Waals surface area contributed by atoms with Crippen LogP contribution in [0.2, 0.25) is 0 Å². The molecule has 1 fully saturated rings. The normalized spacial score (nSPS) is 14.9. The number of benzene rings is 1. The summed E-state index contributed by atoms with van der Waals surface area (Å²) in [7, 11) is 0. The van der Waals surface area contributed by atoms with E-state index >= 15 is 0 Å². The standard InChI is InChI=1S/C21H27N5O5/c1-3-31-21(30)18-11-14-10-15(4-5-17(14)24-18)23-20(29)16(22)12-19(28)26-8-6-25(7-9-26)13(2)27/h4-5,10-11,16,24H,3,6-9,12,22H2,1-2H3,(H,23,29)/t16-/m0/s1. The maximum atomic E-state index is 12.5. The van der Waals surface area contributed by atoms with E-state index in [1.165, 1.54) is 6.92 Å². The fourth-order valence-electron chi connectivity index (χ4n) is 3.44. The Morgan fingerprint density at radius 3 is 2.45 bits per heavy atom. The molecular formula is C21H27N5O5. The number of ether oxygens (including phenoxy) is 1. The highest BCUT2D eigenvalue weighted by Crippen LogP contribution is 2.21. The van der Waals surface area contributed by atoms with Crippen molar-refractivity contribution in [3.63, 3.8) is 0 Å². The van der Waals surface area contributed by atoms with Gasteiger partial charge in [0.05, 0.1) is 19.1 Å². The van der Waals surface area contributed by atoms with Gasteiger partial charge in [0.2, 0.25) is 17.7 Å². The van der Waals surface area contributed by atoms with Crippen LogP contribution in [0.1, 0.15) is 30.8 Å². The van der Waals surface area contributed by atoms with Crippen LogP contribution < -0.4 is 11.1 Å². The van der Waals surface area contributed by atoms with Crippen LogP contribution in [0, 0.1) is 0 Å². The number of fused-ring (bicyclic) bond motifs is 1. The average molecular weight is 429 g/mol. The Hall–Kier alpha value is -3.40. The molecule has 0 radical (unpaired) electrons. The van der Waals surface area contributed by atoms with Gasteiger partial charge in [0.1, 0.15) is 5.69 Å². The second-order valence-corrected chi connectivity index (χ2v) is 7.39. The minimum Gasteiger partial charge on any atom is -0.461 e. The molecule has 2 heterocycles. The summed E-state index contributed by atoms with van der Waals surface area (Å²) in [5.41, 5.74) is 7.50. The number of H-pyrrole nitrogens is 1. The highest BCUT2D eigenvalue weighted by Gasteiger charge is 2.25. The number of aromatic nitrogens is 1. The Kier molecular flexibility index (Phi) is 6.91. The fourth-order valence-corrected chi connectivity index (χ4v) is 3.44. The zero-order chi connectivity index (χ0) is 22.5. The molecule has 0 saturated carbocycles. The van der Waals surface area contributed by atoms with Gasteiger partial charge >= 0.3 is 5.97 Å². The van der Waals surface area contributed by atoms with Gasteiger partial charge < -0.3 is 30.6 Å². The summed E-state index contributed by atoms with van der Waals surface area (Å²) in [5.74, 6) is -1.16. The van der Waals surface area contributed by atoms with E-state index < -0.39 is 17.9 Å². The summed E-state index contributed by atoms with van der Waals surface area (Å²) in [5, 5.41) is 3.44. The molecule has 3 rings (SSSR count). The van der Waals surface area contributed by atoms with E-state index in [1.54, 1.807) is 41.0 Å². The van der Waals surface area contributed by atoms with Gasteiger partial charge in [-0.15, -0.1) is 0 Å². The van der Waals surface area contributed by atoms with Crippen LogP contribution in [0.5, 0.6) is 0 Å². The van der Waals surface area contributed by atoms with E-state index in [4.69, 9.17) is 10.5 Å². The Morgan fingerprint density at radius 1 is 1.13 bits per heavy atom. The zero-order valence-corrected chi connectivity index (χ0v) is 17.6. The molecule has 2 aromatic rings. The minimum absolute atomic E-state index is 0.0167. The number of hydrogen-bond donors (Lipinski definition) is 3. The quantitative estimate of drug-likeness (QED) is 0.578. The maximum absolute atomic E-state index is 12.5. The molecule has 1 aliphatic rings. The molecule has 3 amide bonds. The lowest BCUT2D eigenvalue weighted by molar-refractivity contribution is -0.139. The smallest absolute Gasteiger partial charge is 0.354 e. The third-order valence-corrected chi connectivity index (χ3v) is 5.19. The monoisotopic (exact) mass is 429 g/mol. The molecule has 1 aromatic heterocycles. The lowest BCUT2D eigenvalue weighted by atomic mass is 10.1. The first kappa shape index (κ1) is 22.3. The van der Waals surface area contributed by atoms with Crippen LogP contribution >= 0.6 is 0 Å². The summed E-state index contributed by atoms with van der Waals surface area (Å²) >= 11 is 0. The highest BCUT2D eigenvalue weighted by atomic mass is 16.5. The van der Waals surface area contributed by atoms with Crippen LogP contribution in [0.15, 0.2) is 24.3 Å². The number of piperazine rings is 1. The number of anilines is 1. The molecule has 166 valence electrons. The third kappa shape index (κ3) is 5.40. The van der Waals surface area contributed by atoms with Crippen molar-refractivity contribution in [2.24, 2.45) is 5.73 Å². The number of carbonyl (C=O) groups is 4. The lowest BCUT2D eigenvalue weighted by Gasteiger charge is -2.34. The summed E-state index contributed by atoms with van der Waals surface area (Å²) in [6.45, 7) is 5.33. The Labute approximate surface area is 179 Å². The van der Waals surface area contributed by atoms with Crippen LogP contribution in [-0.4, -0.2) is 77.3 Å². The van der Waals surface area contributed by atoms with Crippen molar-refractivity contribution in [1.82, 2.24) is 14.8 Å². The van der Waals surface area contributed by atoms with E-state index in [2.05, 4.69) is 10.3 Å². The number of nitrogens with two attached hydrogens (primary N) is 1. The molecule has 4 N–H and O–H groups in total. The van der Waals surface area contributed by atoms with Crippen LogP contribution in [0.3, 0.4) is 0 Å². The van der Waals surface area contributed by atoms with Crippen molar-refractivity contribution < 1.29 is 23.9 Å². The predicted octanol–water partition coefficient (Wildman–Crippen LogP) is 0.691. The van der Waals surface area contributed by atoms with E-state index in [0.29, 0.717) is 37.6 Å². The molecule has 0 aliphatic carbocycles. The molecule has 1 aromatic carbocycles. The van der Waals surface area contributed by atoms with Crippen molar-refractivity contribution in [1.29, 1.82) is 0 Å². The number of rotatable bonds is 6. The highest BCUT2D eigenvalue weighted by molar-refractivity contribution is 6.00. The second-order valence-electron chi connectivity index (χ2n) is 7.39. The zero-order valence-electron chi connectivity index (χ0n) is 17.6. The van der Waals surface area contributed by atoms with Crippen LogP contribution in [0.4, 0.5) is 5.69 Å². The predicted molar refractivity (Wildman–Crippen MR) is 114 cm³/mol. The second kappa shape index (κ2) is 9.61. The first-order valence-corrected chi connectivity index (χ1v) is 10.2. The van der Waals surface area contributed by atoms with Gasteiger partial charge in [-0.05, 0) is 31.2 Å². The van der Waals surface area contributed by atoms with Gasteiger partial charge in [-0.3, -0.25) is 14.4 Å². The van der Waals surface area contributed by atoms with Crippen LogP contribution in [-0.2, 0) is 19.1 Å². The van der Waals surface area contributed by atoms with Gasteiger partial charge in [-0.1, -0.05) is 0 Å². The Morgan fingerprint density at radius 2 is 1.81 bits per heavy atom. The number of esters is 1. The van der Waals surface area contributed by atoms with E-state index in [-0.39, 0.29) is 24.8 Å². The van der Waals surface area contributed by atoms with E-state index in [0.717, 1.165) is 10.9 Å². The number of carbonyl (C=O) groups excluding carboxylic acids is 4. The molecular weight excluding hydrogens is 402 g/mol. The molecule has 0 spiro atoms. The summed E-state index contributed by atoms with van der Waals surface area (Å²) in [6, 6.07) is 5.77. The van der Waals surface area contributed by atoms with Crippen molar-refractivity contribution in [3.05, 3.63) is 30.0 Å². The van der Waals surface area contributed by atoms with Crippen molar-refractivity contribution in [2.75, 3.05) is 38.1 Å². The maximum Gasteiger partial charge on any atom is 0.354 e. The molecule has 10 nitrogen and oxygen atoms in total. The number of hydrogen-bond acceptors (Lipinski definition) is 6. The van der Waals surface area contributed by atoms with E-state index in [1.807, 2.05) is 0 Å². The lowest BCUT2D eigenvalue weighted by Crippen LogP contribution is -2.51. The molecule has 0 bridgehead atoms. The summed E-state index contributed by atoms with van der Waals surface area (Å²) < 4.78 is 4.98. The van der Waals surface area contributed by atoms with Gasteiger partial charge in [0.15, 0.2) is 0 Å². The number of nitrogens with zero attached hydrogens (tertiary/aromatic N) is 2. The Bertz CT molecular complexity index is 993. The first-order valence-electron chi connectivity index (χ1n) is 10.2. The average Bonchev–Trinajstić information content (AvgIpc) is 3.17. The number of aromatic amines is 1. The van der Waals surface area contributed by atoms with Crippen LogP contribution in [0.25, 0.3) is 10.9 Å². The number of amides is 3. The third-order valence-electron chi connectivity index (χ3n) is 5.19. The molecule has 1 atom stereocenters. The molecule has 1 saturated heterocycles. The molecule has 10 heteroatoms. The fraction of sp³-hybridized carbons (Fsp3) is 0.429. The van der Waals surface area contributed by atoms with E-state index in [9.17, 15) is 19.2 Å². The minimum atomic E-state index is -1.00. The topological polar surface area (TPSA) is 138 Å². The largest absolute Gasteiger partial charge is 0.461 e. The summed E-state index contributed by atoms with van der Waals surface area (Å²) in [6.07, 6.45) is -0.120. The molecule has 1 aliphatic heterocycles. The van der Waals surface area contributed by atoms with Crippen molar-refractivity contribution in [3.8, 4) is 0 Å². The SMILES string of the molecule is CCOC(=O)c1cc2cc(NC(=O)[C@@H](N)CC(=O)N3CCN(C(C)=O)CC3)ccc2[nH]1. The van der Waals surface area contributed by atoms with Gasteiger partial charge in [0, 0.05) is 49.7 Å². The first-order chi connectivity index (χ1) is 14.8. The van der Waals surface area contributed by atoms with Gasteiger partial charge in [-0.25, -0.2) is 4.79 Å². The van der Waals surface area contributed by atoms with Gasteiger partial charge in [-0.2, -0.15) is 0 Å². The number of nitrogens with one attached hydrogen (secondary N) is 2. The van der Waals surface area contributed by atoms with Gasteiger partial charge in [0.25, 0.3) is 0 Å². The van der Waals surface area contributed by atoms with Crippen molar-refractivity contribution in [2.45, 2.75) is 26.3 Å². The molecule has 31 heavy (non-hydrogen) atoms.